The Morgan fingerprint density at radius 3 is 3.00 bits per heavy atom. The Hall–Kier alpha value is -1.07. The molecule has 17 heavy (non-hydrogen) atoms. The molecule has 0 spiro atoms. The zero-order valence-corrected chi connectivity index (χ0v) is 10.7. The smallest absolute Gasteiger partial charge is 0.229 e. The predicted molar refractivity (Wildman–Crippen MR) is 69.0 cm³/mol. The largest absolute Gasteiger partial charge is 0.330 e. The van der Waals surface area contributed by atoms with Crippen LogP contribution in [0.2, 0.25) is 0 Å². The van der Waals surface area contributed by atoms with Gasteiger partial charge in [-0.1, -0.05) is 6.42 Å². The second kappa shape index (κ2) is 6.02. The van der Waals surface area contributed by atoms with Gasteiger partial charge in [-0.15, -0.1) is 12.4 Å². The van der Waals surface area contributed by atoms with E-state index in [1.165, 1.54) is 0 Å². The molecule has 1 aromatic heterocycles. The fourth-order valence-electron chi connectivity index (χ4n) is 2.36. The molecular weight excluding hydrogens is 240 g/mol. The van der Waals surface area contributed by atoms with Gasteiger partial charge in [-0.2, -0.15) is 5.10 Å². The minimum atomic E-state index is 0. The first-order valence-electron chi connectivity index (χ1n) is 5.71. The van der Waals surface area contributed by atoms with Crippen molar-refractivity contribution in [2.75, 3.05) is 11.9 Å². The molecule has 1 heterocycles. The van der Waals surface area contributed by atoms with E-state index in [-0.39, 0.29) is 24.2 Å². The van der Waals surface area contributed by atoms with Crippen LogP contribution in [0.25, 0.3) is 0 Å². The lowest BCUT2D eigenvalue weighted by Gasteiger charge is -2.16. The van der Waals surface area contributed by atoms with Crippen molar-refractivity contribution in [1.29, 1.82) is 0 Å². The molecule has 0 radical (unpaired) electrons. The van der Waals surface area contributed by atoms with Gasteiger partial charge in [-0.25, -0.2) is 0 Å². The minimum Gasteiger partial charge on any atom is -0.330 e. The summed E-state index contributed by atoms with van der Waals surface area (Å²) < 4.78 is 1.67. The van der Waals surface area contributed by atoms with Crippen LogP contribution in [0, 0.1) is 11.8 Å². The lowest BCUT2D eigenvalue weighted by Crippen LogP contribution is -2.29. The Balaban J connectivity index is 0.00000144. The summed E-state index contributed by atoms with van der Waals surface area (Å²) in [6.45, 7) is 0.598. The van der Waals surface area contributed by atoms with Crippen LogP contribution < -0.4 is 11.1 Å². The highest BCUT2D eigenvalue weighted by Gasteiger charge is 2.32. The Kier molecular flexibility index (Phi) is 4.96. The van der Waals surface area contributed by atoms with Gasteiger partial charge in [-0.3, -0.25) is 9.48 Å². The Morgan fingerprint density at radius 1 is 1.65 bits per heavy atom. The Bertz CT molecular complexity index is 379. The molecule has 2 atom stereocenters. The average molecular weight is 259 g/mol. The number of anilines is 1. The normalized spacial score (nSPS) is 23.2. The van der Waals surface area contributed by atoms with Crippen LogP contribution in [0.5, 0.6) is 0 Å². The molecule has 0 aromatic carbocycles. The average Bonchev–Trinajstić information content (AvgIpc) is 2.86. The SMILES string of the molecule is Cl.Cn1ccc(NC(=O)[C@@H]2CCC[C@@H]2CN)n1. The van der Waals surface area contributed by atoms with Gasteiger partial charge in [0.2, 0.25) is 5.91 Å². The summed E-state index contributed by atoms with van der Waals surface area (Å²) in [6.07, 6.45) is 4.92. The maximum Gasteiger partial charge on any atom is 0.229 e. The van der Waals surface area contributed by atoms with Gasteiger partial charge in [-0.05, 0) is 25.3 Å². The minimum absolute atomic E-state index is 0. The molecule has 3 N–H and O–H groups in total. The predicted octanol–water partition coefficient (Wildman–Crippen LogP) is 1.16. The number of amides is 1. The van der Waals surface area contributed by atoms with Gasteiger partial charge in [0.25, 0.3) is 0 Å². The van der Waals surface area contributed by atoms with Crippen molar-refractivity contribution in [2.45, 2.75) is 19.3 Å². The third-order valence-corrected chi connectivity index (χ3v) is 3.26. The number of nitrogens with zero attached hydrogens (tertiary/aromatic N) is 2. The van der Waals surface area contributed by atoms with E-state index in [0.717, 1.165) is 19.3 Å². The van der Waals surface area contributed by atoms with Crippen LogP contribution in [-0.2, 0) is 11.8 Å². The first kappa shape index (κ1) is 14.0. The molecule has 96 valence electrons. The van der Waals surface area contributed by atoms with Gasteiger partial charge in [0.05, 0.1) is 0 Å². The van der Waals surface area contributed by atoms with Gasteiger partial charge < -0.3 is 11.1 Å². The summed E-state index contributed by atoms with van der Waals surface area (Å²) >= 11 is 0. The quantitative estimate of drug-likeness (QED) is 0.854. The van der Waals surface area contributed by atoms with Crippen molar-refractivity contribution in [2.24, 2.45) is 24.6 Å². The topological polar surface area (TPSA) is 72.9 Å². The molecule has 0 saturated heterocycles. The van der Waals surface area contributed by atoms with Crippen LogP contribution in [-0.4, -0.2) is 22.2 Å². The van der Waals surface area contributed by atoms with E-state index >= 15 is 0 Å². The van der Waals surface area contributed by atoms with Crippen LogP contribution >= 0.6 is 12.4 Å². The monoisotopic (exact) mass is 258 g/mol. The first-order valence-corrected chi connectivity index (χ1v) is 5.71. The number of hydrogen-bond acceptors (Lipinski definition) is 3. The van der Waals surface area contributed by atoms with E-state index in [1.54, 1.807) is 10.7 Å². The van der Waals surface area contributed by atoms with Crippen molar-refractivity contribution >= 4 is 24.1 Å². The molecule has 1 aliphatic carbocycles. The van der Waals surface area contributed by atoms with Gasteiger partial charge in [0.1, 0.15) is 0 Å². The lowest BCUT2D eigenvalue weighted by atomic mass is 9.95. The number of hydrogen-bond donors (Lipinski definition) is 2. The molecule has 1 amide bonds. The molecule has 0 bridgehead atoms. The van der Waals surface area contributed by atoms with Crippen molar-refractivity contribution in [1.82, 2.24) is 9.78 Å². The second-order valence-electron chi connectivity index (χ2n) is 4.40. The molecule has 1 aliphatic rings. The number of rotatable bonds is 3. The number of aromatic nitrogens is 2. The van der Waals surface area contributed by atoms with Crippen LogP contribution in [0.4, 0.5) is 5.82 Å². The van der Waals surface area contributed by atoms with Crippen LogP contribution in [0.15, 0.2) is 12.3 Å². The number of aryl methyl sites for hydroxylation is 1. The van der Waals surface area contributed by atoms with Gasteiger partial charge >= 0.3 is 0 Å². The van der Waals surface area contributed by atoms with E-state index in [4.69, 9.17) is 5.73 Å². The maximum atomic E-state index is 12.0. The van der Waals surface area contributed by atoms with Crippen LogP contribution in [0.1, 0.15) is 19.3 Å². The summed E-state index contributed by atoms with van der Waals surface area (Å²) in [6, 6.07) is 1.80. The summed E-state index contributed by atoms with van der Waals surface area (Å²) in [5.41, 5.74) is 5.66. The molecule has 0 unspecified atom stereocenters. The number of nitrogens with two attached hydrogens (primary N) is 1. The Morgan fingerprint density at radius 2 is 2.41 bits per heavy atom. The first-order chi connectivity index (χ1) is 7.70. The molecule has 1 fully saturated rings. The van der Waals surface area contributed by atoms with Crippen molar-refractivity contribution < 1.29 is 4.79 Å². The zero-order valence-electron chi connectivity index (χ0n) is 9.93. The third kappa shape index (κ3) is 3.20. The number of carbonyl (C=O) groups excluding carboxylic acids is 1. The number of halogens is 1. The van der Waals surface area contributed by atoms with Crippen molar-refractivity contribution in [3.63, 3.8) is 0 Å². The van der Waals surface area contributed by atoms with E-state index in [2.05, 4.69) is 10.4 Å². The molecule has 1 saturated carbocycles. The molecule has 6 heteroatoms. The summed E-state index contributed by atoms with van der Waals surface area (Å²) in [7, 11) is 1.83. The number of carbonyl (C=O) groups is 1. The zero-order chi connectivity index (χ0) is 11.5. The maximum absolute atomic E-state index is 12.0. The highest BCUT2D eigenvalue weighted by molar-refractivity contribution is 5.92. The number of nitrogens with one attached hydrogen (secondary N) is 1. The summed E-state index contributed by atoms with van der Waals surface area (Å²) in [5, 5.41) is 6.97. The Labute approximate surface area is 107 Å². The summed E-state index contributed by atoms with van der Waals surface area (Å²) in [5.74, 6) is 1.08. The molecular formula is C11H19ClN4O. The van der Waals surface area contributed by atoms with Crippen molar-refractivity contribution in [3.05, 3.63) is 12.3 Å². The lowest BCUT2D eigenvalue weighted by molar-refractivity contribution is -0.120. The van der Waals surface area contributed by atoms with Gasteiger partial charge in [0.15, 0.2) is 5.82 Å². The van der Waals surface area contributed by atoms with Crippen molar-refractivity contribution in [3.8, 4) is 0 Å². The molecule has 5 nitrogen and oxygen atoms in total. The second-order valence-corrected chi connectivity index (χ2v) is 4.40. The fourth-order valence-corrected chi connectivity index (χ4v) is 2.36. The van der Waals surface area contributed by atoms with E-state index < -0.39 is 0 Å². The highest BCUT2D eigenvalue weighted by atomic mass is 35.5. The van der Waals surface area contributed by atoms with E-state index in [9.17, 15) is 4.79 Å². The molecule has 0 aliphatic heterocycles. The fraction of sp³-hybridized carbons (Fsp3) is 0.636. The third-order valence-electron chi connectivity index (χ3n) is 3.26. The molecule has 2 rings (SSSR count). The van der Waals surface area contributed by atoms with Crippen LogP contribution in [0.3, 0.4) is 0 Å². The van der Waals surface area contributed by atoms with Gasteiger partial charge in [0, 0.05) is 25.2 Å². The van der Waals surface area contributed by atoms with E-state index in [1.807, 2.05) is 13.2 Å². The highest BCUT2D eigenvalue weighted by Crippen LogP contribution is 2.31. The molecule has 1 aromatic rings. The standard InChI is InChI=1S/C11H18N4O.ClH/c1-15-6-5-10(14-15)13-11(16)9-4-2-3-8(9)7-12;/h5-6,8-9H,2-4,7,12H2,1H3,(H,13,14,16);1H/t8-,9-;/m1./s1. The summed E-state index contributed by atoms with van der Waals surface area (Å²) in [4.78, 5) is 12.0. The van der Waals surface area contributed by atoms with E-state index in [0.29, 0.717) is 18.3 Å².